The zero-order chi connectivity index (χ0) is 31.1. The average molecular weight is 624 g/mol. The van der Waals surface area contributed by atoms with Gasteiger partial charge in [-0.2, -0.15) is 0 Å². The van der Waals surface area contributed by atoms with Crippen LogP contribution in [0.3, 0.4) is 0 Å². The highest BCUT2D eigenvalue weighted by Crippen LogP contribution is 2.39. The maximum atomic E-state index is 14.0. The van der Waals surface area contributed by atoms with Gasteiger partial charge in [-0.25, -0.2) is 22.8 Å². The predicted octanol–water partition coefficient (Wildman–Crippen LogP) is 4.15. The first-order chi connectivity index (χ1) is 20.7. The Hall–Kier alpha value is -3.56. The van der Waals surface area contributed by atoms with Gasteiger partial charge in [-0.15, -0.1) is 10.2 Å². The first-order valence-corrected chi connectivity index (χ1v) is 15.9. The number of para-hydroxylation sites is 1. The molecule has 0 bridgehead atoms. The van der Waals surface area contributed by atoms with Crippen LogP contribution in [0.15, 0.2) is 30.6 Å². The van der Waals surface area contributed by atoms with Crippen LogP contribution in [0.1, 0.15) is 60.3 Å². The quantitative estimate of drug-likeness (QED) is 0.348. The van der Waals surface area contributed by atoms with Crippen LogP contribution < -0.4 is 19.1 Å². The van der Waals surface area contributed by atoms with Crippen molar-refractivity contribution < 1.29 is 33.2 Å². The Labute approximate surface area is 253 Å². The van der Waals surface area contributed by atoms with Crippen LogP contribution in [0, 0.1) is 5.82 Å². The number of hydrogen-bond donors (Lipinski definition) is 1. The molecule has 15 heteroatoms. The number of anilines is 2. The number of sulfonamides is 1. The second-order valence-electron chi connectivity index (χ2n) is 10.1. The van der Waals surface area contributed by atoms with E-state index in [0.29, 0.717) is 42.6 Å². The van der Waals surface area contributed by atoms with Crippen LogP contribution in [-0.4, -0.2) is 84.5 Å². The lowest BCUT2D eigenvalue weighted by Crippen LogP contribution is -2.51. The molecule has 1 N–H and O–H groups in total. The van der Waals surface area contributed by atoms with Crippen molar-refractivity contribution in [2.24, 2.45) is 0 Å². The van der Waals surface area contributed by atoms with Crippen molar-refractivity contribution in [3.63, 3.8) is 0 Å². The molecule has 2 saturated heterocycles. The molecule has 0 amide bonds. The van der Waals surface area contributed by atoms with Crippen molar-refractivity contribution in [1.82, 2.24) is 24.7 Å². The number of rotatable bonds is 10. The zero-order valence-electron chi connectivity index (χ0n) is 25.4. The minimum Gasteiger partial charge on any atom is -0.494 e. The fraction of sp³-hybridized carbons (Fsp3) is 0.571. The van der Waals surface area contributed by atoms with Crippen molar-refractivity contribution >= 4 is 21.9 Å². The molecule has 0 spiro atoms. The summed E-state index contributed by atoms with van der Waals surface area (Å²) in [5.74, 6) is 0.896. The lowest BCUT2D eigenvalue weighted by Gasteiger charge is -2.37. The Balaban J connectivity index is 0.00000173. The molecule has 2 fully saturated rings. The first kappa shape index (κ1) is 32.4. The second-order valence-corrected chi connectivity index (χ2v) is 12.1. The Kier molecular flexibility index (Phi) is 10.7. The number of hydrogen-bond acceptors (Lipinski definition) is 11. The number of nitrogens with zero attached hydrogens (tertiary/aromatic N) is 6. The molecule has 4 heterocycles. The van der Waals surface area contributed by atoms with Crippen LogP contribution in [0.25, 0.3) is 5.69 Å². The number of halogens is 1. The third-order valence-corrected chi connectivity index (χ3v) is 8.62. The Morgan fingerprint density at radius 1 is 1.09 bits per heavy atom. The molecule has 0 saturated carbocycles. The minimum atomic E-state index is -4.08. The number of piperidine rings is 1. The van der Waals surface area contributed by atoms with Crippen molar-refractivity contribution in [2.75, 3.05) is 43.5 Å². The molecule has 0 radical (unpaired) electrons. The molecule has 238 valence electrons. The van der Waals surface area contributed by atoms with Gasteiger partial charge in [0.1, 0.15) is 28.5 Å². The van der Waals surface area contributed by atoms with E-state index < -0.39 is 27.2 Å². The smallest absolute Gasteiger partial charge is 0.243 e. The third kappa shape index (κ3) is 7.33. The number of nitrogens with one attached hydrogen (secondary N) is 1. The molecule has 43 heavy (non-hydrogen) atoms. The maximum absolute atomic E-state index is 14.0. The van der Waals surface area contributed by atoms with Gasteiger partial charge in [-0.3, -0.25) is 9.29 Å². The molecule has 3 aromatic rings. The van der Waals surface area contributed by atoms with Gasteiger partial charge in [0, 0.05) is 21.1 Å². The van der Waals surface area contributed by atoms with Gasteiger partial charge in [0.15, 0.2) is 11.6 Å². The summed E-state index contributed by atoms with van der Waals surface area (Å²) in [5.41, 5.74) is 0.441. The molecule has 2 aliphatic rings. The largest absolute Gasteiger partial charge is 0.494 e. The molecular weight excluding hydrogens is 581 g/mol. The van der Waals surface area contributed by atoms with Crippen molar-refractivity contribution in [2.45, 2.75) is 70.5 Å². The van der Waals surface area contributed by atoms with Crippen molar-refractivity contribution in [3.05, 3.63) is 42.2 Å². The summed E-state index contributed by atoms with van der Waals surface area (Å²) >= 11 is 0. The van der Waals surface area contributed by atoms with Crippen molar-refractivity contribution in [1.29, 1.82) is 0 Å². The van der Waals surface area contributed by atoms with Gasteiger partial charge in [0.2, 0.25) is 21.9 Å². The highest BCUT2D eigenvalue weighted by molar-refractivity contribution is 7.93. The van der Waals surface area contributed by atoms with Gasteiger partial charge < -0.3 is 23.8 Å². The summed E-state index contributed by atoms with van der Waals surface area (Å²) in [5, 5.41) is 7.64. The van der Waals surface area contributed by atoms with E-state index in [9.17, 15) is 12.8 Å². The van der Waals surface area contributed by atoms with Crippen LogP contribution in [0.2, 0.25) is 0 Å². The lowest BCUT2D eigenvalue weighted by molar-refractivity contribution is 0.00147. The highest BCUT2D eigenvalue weighted by atomic mass is 32.2. The van der Waals surface area contributed by atoms with Crippen LogP contribution in [0.5, 0.6) is 11.5 Å². The summed E-state index contributed by atoms with van der Waals surface area (Å²) in [6.45, 7) is 8.73. The van der Waals surface area contributed by atoms with Crippen molar-refractivity contribution in [3.8, 4) is 17.2 Å². The summed E-state index contributed by atoms with van der Waals surface area (Å²) < 4.78 is 68.8. The van der Waals surface area contributed by atoms with E-state index >= 15 is 0 Å². The van der Waals surface area contributed by atoms with Crippen LogP contribution >= 0.6 is 0 Å². The molecule has 1 aromatic carbocycles. The van der Waals surface area contributed by atoms with E-state index in [1.165, 1.54) is 14.2 Å². The summed E-state index contributed by atoms with van der Waals surface area (Å²) in [7, 11) is -1.05. The monoisotopic (exact) mass is 623 g/mol. The lowest BCUT2D eigenvalue weighted by atomic mass is 10.1. The van der Waals surface area contributed by atoms with Gasteiger partial charge >= 0.3 is 0 Å². The average Bonchev–Trinajstić information content (AvgIpc) is 3.67. The van der Waals surface area contributed by atoms with E-state index in [4.69, 9.17) is 18.9 Å². The van der Waals surface area contributed by atoms with E-state index in [1.807, 2.05) is 27.7 Å². The second kappa shape index (κ2) is 14.3. The Morgan fingerprint density at radius 2 is 1.77 bits per heavy atom. The van der Waals surface area contributed by atoms with E-state index in [0.717, 1.165) is 18.8 Å². The molecule has 5 rings (SSSR count). The van der Waals surface area contributed by atoms with Crippen LogP contribution in [-0.2, 0) is 19.5 Å². The SMILES string of the molecule is CC.COc1cccc(OC)c1-n1c(NS(=O)(=O)[C@H]2C[C@@H](OC(C)C)CN(c3ncc(F)cn3)C2)nnc1[C@@H]1CCCO1.[HH]. The van der Waals surface area contributed by atoms with Gasteiger partial charge in [-0.05, 0) is 45.2 Å². The Morgan fingerprint density at radius 3 is 2.35 bits per heavy atom. The number of ether oxygens (including phenoxy) is 4. The first-order valence-electron chi connectivity index (χ1n) is 14.4. The summed E-state index contributed by atoms with van der Waals surface area (Å²) in [6, 6.07) is 5.25. The molecule has 2 aliphatic heterocycles. The molecule has 0 aliphatic carbocycles. The van der Waals surface area contributed by atoms with Gasteiger partial charge in [0.05, 0.1) is 38.8 Å². The summed E-state index contributed by atoms with van der Waals surface area (Å²) in [4.78, 5) is 9.80. The zero-order valence-corrected chi connectivity index (χ0v) is 26.2. The highest BCUT2D eigenvalue weighted by Gasteiger charge is 2.39. The van der Waals surface area contributed by atoms with E-state index in [2.05, 4.69) is 24.9 Å². The number of methoxy groups -OCH3 is 2. The number of aromatic nitrogens is 5. The normalized spacial score (nSPS) is 20.5. The Bertz CT molecular complexity index is 1430. The molecular formula is C28H42FN7O6S. The predicted molar refractivity (Wildman–Crippen MR) is 161 cm³/mol. The fourth-order valence-electron chi connectivity index (χ4n) is 5.18. The fourth-order valence-corrected chi connectivity index (χ4v) is 6.58. The third-order valence-electron chi connectivity index (χ3n) is 6.93. The van der Waals surface area contributed by atoms with Gasteiger partial charge in [0.25, 0.3) is 0 Å². The molecule has 13 nitrogen and oxygen atoms in total. The van der Waals surface area contributed by atoms with E-state index in [1.54, 1.807) is 27.7 Å². The number of benzene rings is 1. The van der Waals surface area contributed by atoms with Gasteiger partial charge in [-0.1, -0.05) is 19.9 Å². The minimum absolute atomic E-state index is 0. The molecule has 3 atom stereocenters. The standard InChI is InChI=1S/C26H34FN7O6S.C2H6.H2/c1-16(2)40-18-11-19(15-33(14-18)25-28-12-17(27)13-29-25)41(35,36)32-26-31-30-24(22-9-6-10-39-22)34(26)23-20(37-3)7-5-8-21(23)38-4;1-2;/h5,7-8,12-13,16,18-19,22H,6,9-11,14-15H2,1-4H3,(H,31,32);1-2H3;1H/t18-,19+,22+;;/m1../s1. The maximum Gasteiger partial charge on any atom is 0.243 e. The van der Waals surface area contributed by atoms with E-state index in [-0.39, 0.29) is 38.5 Å². The summed E-state index contributed by atoms with van der Waals surface area (Å²) in [6.07, 6.45) is 2.89. The molecule has 0 unspecified atom stereocenters. The van der Waals surface area contributed by atoms with Crippen LogP contribution in [0.4, 0.5) is 16.3 Å². The molecule has 2 aromatic heterocycles. The topological polar surface area (TPSA) is 143 Å².